The van der Waals surface area contributed by atoms with E-state index in [0.717, 1.165) is 11.1 Å². The molecule has 0 aromatic heterocycles. The molecule has 1 rings (SSSR count). The zero-order chi connectivity index (χ0) is 14.4. The van der Waals surface area contributed by atoms with Crippen molar-refractivity contribution in [1.82, 2.24) is 4.90 Å². The van der Waals surface area contributed by atoms with E-state index in [4.69, 9.17) is 15.2 Å². The highest BCUT2D eigenvalue weighted by Crippen LogP contribution is 2.30. The highest BCUT2D eigenvalue weighted by molar-refractivity contribution is 5.85. The maximum Gasteiger partial charge on any atom is 0.223 e. The van der Waals surface area contributed by atoms with Gasteiger partial charge in [0.15, 0.2) is 11.5 Å². The van der Waals surface area contributed by atoms with E-state index in [2.05, 4.69) is 0 Å². The van der Waals surface area contributed by atoms with E-state index < -0.39 is 0 Å². The lowest BCUT2D eigenvalue weighted by atomic mass is 10.1. The smallest absolute Gasteiger partial charge is 0.223 e. The van der Waals surface area contributed by atoms with Gasteiger partial charge in [0.1, 0.15) is 0 Å². The van der Waals surface area contributed by atoms with Crippen LogP contribution in [0.2, 0.25) is 0 Å². The second-order valence-corrected chi connectivity index (χ2v) is 4.42. The van der Waals surface area contributed by atoms with Gasteiger partial charge in [0.25, 0.3) is 0 Å². The molecule has 2 N–H and O–H groups in total. The summed E-state index contributed by atoms with van der Waals surface area (Å²) in [6.07, 6.45) is 0.364. The topological polar surface area (TPSA) is 64.8 Å². The van der Waals surface area contributed by atoms with Crippen LogP contribution in [0.25, 0.3) is 0 Å². The first-order chi connectivity index (χ1) is 9.03. The van der Waals surface area contributed by atoms with Gasteiger partial charge >= 0.3 is 0 Å². The standard InChI is InChI=1S/C14H22N2O3.ClH/c1-10-7-12(18-3)13(19-4)8-11(10)9-16(2)14(17)5-6-15;/h7-8H,5-6,9,15H2,1-4H3;1H. The zero-order valence-electron chi connectivity index (χ0n) is 12.4. The second kappa shape index (κ2) is 8.66. The Hall–Kier alpha value is -1.46. The number of methoxy groups -OCH3 is 2. The van der Waals surface area contributed by atoms with Crippen molar-refractivity contribution in [1.29, 1.82) is 0 Å². The van der Waals surface area contributed by atoms with Crippen LogP contribution in [-0.2, 0) is 11.3 Å². The molecule has 0 saturated heterocycles. The highest BCUT2D eigenvalue weighted by atomic mass is 35.5. The molecule has 5 nitrogen and oxygen atoms in total. The molecule has 0 aliphatic rings. The molecule has 0 atom stereocenters. The summed E-state index contributed by atoms with van der Waals surface area (Å²) in [7, 11) is 4.97. The number of nitrogens with two attached hydrogens (primary N) is 1. The Bertz CT molecular complexity index is 452. The fourth-order valence-corrected chi connectivity index (χ4v) is 1.85. The van der Waals surface area contributed by atoms with Crippen LogP contribution in [0.5, 0.6) is 11.5 Å². The van der Waals surface area contributed by atoms with Crippen LogP contribution >= 0.6 is 12.4 Å². The van der Waals surface area contributed by atoms with Crippen LogP contribution in [0, 0.1) is 6.92 Å². The number of benzene rings is 1. The molecule has 1 aromatic carbocycles. The summed E-state index contributed by atoms with van der Waals surface area (Å²) in [6.45, 7) is 2.89. The quantitative estimate of drug-likeness (QED) is 0.869. The maximum atomic E-state index is 11.7. The molecule has 0 radical (unpaired) electrons. The third-order valence-electron chi connectivity index (χ3n) is 3.03. The molecular weight excluding hydrogens is 280 g/mol. The predicted octanol–water partition coefficient (Wildman–Crippen LogP) is 1.74. The Morgan fingerprint density at radius 2 is 1.80 bits per heavy atom. The number of amides is 1. The van der Waals surface area contributed by atoms with Crippen LogP contribution in [0.4, 0.5) is 0 Å². The minimum Gasteiger partial charge on any atom is -0.493 e. The molecule has 0 aliphatic carbocycles. The Kier molecular flexibility index (Phi) is 8.03. The number of ether oxygens (including phenoxy) is 2. The molecule has 0 bridgehead atoms. The molecule has 114 valence electrons. The number of aryl methyl sites for hydroxylation is 1. The summed E-state index contributed by atoms with van der Waals surface area (Å²) in [4.78, 5) is 13.4. The first-order valence-electron chi connectivity index (χ1n) is 6.19. The van der Waals surface area contributed by atoms with E-state index in [-0.39, 0.29) is 18.3 Å². The first kappa shape index (κ1) is 18.5. The van der Waals surface area contributed by atoms with E-state index >= 15 is 0 Å². The van der Waals surface area contributed by atoms with E-state index in [1.807, 2.05) is 19.1 Å². The van der Waals surface area contributed by atoms with Crippen molar-refractivity contribution in [3.63, 3.8) is 0 Å². The fraction of sp³-hybridized carbons (Fsp3) is 0.500. The van der Waals surface area contributed by atoms with Gasteiger partial charge in [-0.25, -0.2) is 0 Å². The SMILES string of the molecule is COc1cc(C)c(CN(C)C(=O)CCN)cc1OC.Cl. The summed E-state index contributed by atoms with van der Waals surface area (Å²) in [5, 5.41) is 0. The van der Waals surface area contributed by atoms with Gasteiger partial charge < -0.3 is 20.1 Å². The number of hydrogen-bond acceptors (Lipinski definition) is 4. The Balaban J connectivity index is 0.00000361. The number of halogens is 1. The lowest BCUT2D eigenvalue weighted by molar-refractivity contribution is -0.130. The number of carbonyl (C=O) groups excluding carboxylic acids is 1. The summed E-state index contributed by atoms with van der Waals surface area (Å²) in [5.41, 5.74) is 7.48. The molecule has 0 aliphatic heterocycles. The predicted molar refractivity (Wildman–Crippen MR) is 81.7 cm³/mol. The van der Waals surface area contributed by atoms with Gasteiger partial charge in [0, 0.05) is 26.6 Å². The number of nitrogens with zero attached hydrogens (tertiary/aromatic N) is 1. The molecule has 1 aromatic rings. The minimum absolute atomic E-state index is 0. The fourth-order valence-electron chi connectivity index (χ4n) is 1.85. The number of rotatable bonds is 6. The zero-order valence-corrected chi connectivity index (χ0v) is 13.3. The molecule has 1 amide bonds. The van der Waals surface area contributed by atoms with Crippen molar-refractivity contribution in [3.05, 3.63) is 23.3 Å². The Morgan fingerprint density at radius 3 is 2.30 bits per heavy atom. The maximum absolute atomic E-state index is 11.7. The molecule has 0 heterocycles. The van der Waals surface area contributed by atoms with Gasteiger partial charge in [-0.15, -0.1) is 12.4 Å². The molecule has 0 unspecified atom stereocenters. The van der Waals surface area contributed by atoms with Crippen LogP contribution in [-0.4, -0.2) is 38.6 Å². The minimum atomic E-state index is 0. The largest absolute Gasteiger partial charge is 0.493 e. The highest BCUT2D eigenvalue weighted by Gasteiger charge is 2.13. The summed E-state index contributed by atoms with van der Waals surface area (Å²) >= 11 is 0. The van der Waals surface area contributed by atoms with Gasteiger partial charge in [0.05, 0.1) is 14.2 Å². The van der Waals surface area contributed by atoms with Crippen molar-refractivity contribution in [2.45, 2.75) is 19.9 Å². The summed E-state index contributed by atoms with van der Waals surface area (Å²) in [6, 6.07) is 3.82. The van der Waals surface area contributed by atoms with Gasteiger partial charge in [-0.3, -0.25) is 4.79 Å². The Morgan fingerprint density at radius 1 is 1.25 bits per heavy atom. The van der Waals surface area contributed by atoms with E-state index in [9.17, 15) is 4.79 Å². The average Bonchev–Trinajstić information content (AvgIpc) is 2.40. The molecule has 0 fully saturated rings. The van der Waals surface area contributed by atoms with E-state index in [1.165, 1.54) is 0 Å². The summed E-state index contributed by atoms with van der Waals surface area (Å²) < 4.78 is 10.5. The van der Waals surface area contributed by atoms with Crippen molar-refractivity contribution >= 4 is 18.3 Å². The van der Waals surface area contributed by atoms with Crippen molar-refractivity contribution < 1.29 is 14.3 Å². The molecule has 20 heavy (non-hydrogen) atoms. The van der Waals surface area contributed by atoms with Crippen LogP contribution in [0.3, 0.4) is 0 Å². The molecule has 0 saturated carbocycles. The van der Waals surface area contributed by atoms with E-state index in [1.54, 1.807) is 26.2 Å². The third-order valence-corrected chi connectivity index (χ3v) is 3.03. The van der Waals surface area contributed by atoms with Gasteiger partial charge in [-0.2, -0.15) is 0 Å². The second-order valence-electron chi connectivity index (χ2n) is 4.42. The van der Waals surface area contributed by atoms with Gasteiger partial charge in [0.2, 0.25) is 5.91 Å². The first-order valence-corrected chi connectivity index (χ1v) is 6.19. The van der Waals surface area contributed by atoms with Crippen molar-refractivity contribution in [2.75, 3.05) is 27.8 Å². The monoisotopic (exact) mass is 302 g/mol. The number of hydrogen-bond donors (Lipinski definition) is 1. The normalized spacial score (nSPS) is 9.65. The molecule has 0 spiro atoms. The van der Waals surface area contributed by atoms with Gasteiger partial charge in [-0.1, -0.05) is 0 Å². The summed E-state index contributed by atoms with van der Waals surface area (Å²) in [5.74, 6) is 1.40. The molecule has 6 heteroatoms. The average molecular weight is 303 g/mol. The van der Waals surface area contributed by atoms with Crippen LogP contribution < -0.4 is 15.2 Å². The van der Waals surface area contributed by atoms with Crippen LogP contribution in [0.1, 0.15) is 17.5 Å². The van der Waals surface area contributed by atoms with Gasteiger partial charge in [-0.05, 0) is 30.2 Å². The molecular formula is C14H23ClN2O3. The lowest BCUT2D eigenvalue weighted by Crippen LogP contribution is -2.28. The number of carbonyl (C=O) groups is 1. The lowest BCUT2D eigenvalue weighted by Gasteiger charge is -2.19. The van der Waals surface area contributed by atoms with Crippen LogP contribution in [0.15, 0.2) is 12.1 Å². The third kappa shape index (κ3) is 4.58. The Labute approximate surface area is 126 Å². The van der Waals surface area contributed by atoms with Crippen molar-refractivity contribution in [3.8, 4) is 11.5 Å². The van der Waals surface area contributed by atoms with E-state index in [0.29, 0.717) is 31.0 Å². The van der Waals surface area contributed by atoms with Crippen molar-refractivity contribution in [2.24, 2.45) is 5.73 Å².